The van der Waals surface area contributed by atoms with E-state index in [1.165, 1.54) is 12.5 Å². The van der Waals surface area contributed by atoms with Gasteiger partial charge in [-0.15, -0.1) is 0 Å². The van der Waals surface area contributed by atoms with Crippen LogP contribution in [0.4, 0.5) is 8.78 Å². The molecule has 0 bridgehead atoms. The van der Waals surface area contributed by atoms with Crippen molar-refractivity contribution in [3.8, 4) is 0 Å². The second kappa shape index (κ2) is 6.24. The quantitative estimate of drug-likeness (QED) is 0.777. The van der Waals surface area contributed by atoms with Crippen LogP contribution in [0.1, 0.15) is 43.0 Å². The number of ketones is 1. The summed E-state index contributed by atoms with van der Waals surface area (Å²) in [5.74, 6) is -1.70. The third-order valence-corrected chi connectivity index (χ3v) is 3.58. The zero-order valence-electron chi connectivity index (χ0n) is 11.0. The highest BCUT2D eigenvalue weighted by atomic mass is 19.1. The third kappa shape index (κ3) is 3.60. The molecule has 104 valence electrons. The fourth-order valence-electron chi connectivity index (χ4n) is 2.56. The van der Waals surface area contributed by atoms with E-state index in [1.54, 1.807) is 0 Å². The molecule has 4 heteroatoms. The van der Waals surface area contributed by atoms with Crippen LogP contribution < -0.4 is 0 Å². The summed E-state index contributed by atoms with van der Waals surface area (Å²) in [5, 5.41) is 0. The Morgan fingerprint density at radius 3 is 2.63 bits per heavy atom. The SMILES string of the molecule is CC1CCCC(OCC(=O)c2c(F)cccc2F)C1. The summed E-state index contributed by atoms with van der Waals surface area (Å²) in [6, 6.07) is 3.41. The van der Waals surface area contributed by atoms with Crippen LogP contribution in [0.5, 0.6) is 0 Å². The summed E-state index contributed by atoms with van der Waals surface area (Å²) in [6.45, 7) is 1.89. The summed E-state index contributed by atoms with van der Waals surface area (Å²) in [6.07, 6.45) is 4.11. The minimum atomic E-state index is -0.828. The maximum atomic E-state index is 13.4. The second-order valence-corrected chi connectivity index (χ2v) is 5.22. The smallest absolute Gasteiger partial charge is 0.194 e. The molecule has 0 saturated heterocycles. The molecule has 19 heavy (non-hydrogen) atoms. The van der Waals surface area contributed by atoms with Gasteiger partial charge in [0.25, 0.3) is 0 Å². The number of Topliss-reactive ketones (excluding diaryl/α,β-unsaturated/α-hetero) is 1. The van der Waals surface area contributed by atoms with Crippen LogP contribution in [0.2, 0.25) is 0 Å². The molecule has 1 saturated carbocycles. The number of rotatable bonds is 4. The van der Waals surface area contributed by atoms with Gasteiger partial charge in [0.1, 0.15) is 18.2 Å². The summed E-state index contributed by atoms with van der Waals surface area (Å²) < 4.78 is 32.3. The lowest BCUT2D eigenvalue weighted by atomic mass is 9.89. The Morgan fingerprint density at radius 2 is 2.00 bits per heavy atom. The highest BCUT2D eigenvalue weighted by molar-refractivity contribution is 5.97. The zero-order valence-corrected chi connectivity index (χ0v) is 11.0. The van der Waals surface area contributed by atoms with Gasteiger partial charge in [-0.2, -0.15) is 0 Å². The van der Waals surface area contributed by atoms with Crippen molar-refractivity contribution >= 4 is 5.78 Å². The molecule has 0 amide bonds. The molecule has 1 fully saturated rings. The molecule has 0 aliphatic heterocycles. The molecule has 2 nitrogen and oxygen atoms in total. The van der Waals surface area contributed by atoms with Gasteiger partial charge < -0.3 is 4.74 Å². The Balaban J connectivity index is 1.94. The van der Waals surface area contributed by atoms with Gasteiger partial charge in [-0.25, -0.2) is 8.78 Å². The lowest BCUT2D eigenvalue weighted by Crippen LogP contribution is -2.25. The van der Waals surface area contributed by atoms with Crippen LogP contribution >= 0.6 is 0 Å². The van der Waals surface area contributed by atoms with E-state index in [-0.39, 0.29) is 12.7 Å². The van der Waals surface area contributed by atoms with Gasteiger partial charge >= 0.3 is 0 Å². The largest absolute Gasteiger partial charge is 0.370 e. The van der Waals surface area contributed by atoms with E-state index in [2.05, 4.69) is 6.92 Å². The zero-order chi connectivity index (χ0) is 13.8. The lowest BCUT2D eigenvalue weighted by Gasteiger charge is -2.26. The van der Waals surface area contributed by atoms with Crippen molar-refractivity contribution in [2.75, 3.05) is 6.61 Å². The first kappa shape index (κ1) is 14.1. The molecule has 2 atom stereocenters. The number of hydrogen-bond acceptors (Lipinski definition) is 2. The molecule has 0 heterocycles. The average molecular weight is 268 g/mol. The lowest BCUT2D eigenvalue weighted by molar-refractivity contribution is 0.0178. The maximum absolute atomic E-state index is 13.4. The van der Waals surface area contributed by atoms with Crippen molar-refractivity contribution < 1.29 is 18.3 Å². The Morgan fingerprint density at radius 1 is 1.32 bits per heavy atom. The minimum absolute atomic E-state index is 0.0301. The van der Waals surface area contributed by atoms with Crippen molar-refractivity contribution in [3.63, 3.8) is 0 Å². The number of halogens is 2. The molecule has 0 aromatic heterocycles. The van der Waals surface area contributed by atoms with Crippen LogP contribution in [0.15, 0.2) is 18.2 Å². The Bertz CT molecular complexity index is 439. The third-order valence-electron chi connectivity index (χ3n) is 3.58. The summed E-state index contributed by atoms with van der Waals surface area (Å²) >= 11 is 0. The molecule has 1 aromatic rings. The predicted molar refractivity (Wildman–Crippen MR) is 68.1 cm³/mol. The number of carbonyl (C=O) groups is 1. The predicted octanol–water partition coefficient (Wildman–Crippen LogP) is 3.74. The summed E-state index contributed by atoms with van der Waals surface area (Å²) in [5.41, 5.74) is -0.494. The Labute approximate surface area is 111 Å². The number of ether oxygens (including phenoxy) is 1. The van der Waals surface area contributed by atoms with Crippen LogP contribution in [0, 0.1) is 17.6 Å². The van der Waals surface area contributed by atoms with Gasteiger partial charge in [0.2, 0.25) is 0 Å². The van der Waals surface area contributed by atoms with Crippen molar-refractivity contribution in [1.82, 2.24) is 0 Å². The summed E-state index contributed by atoms with van der Waals surface area (Å²) in [7, 11) is 0. The van der Waals surface area contributed by atoms with Gasteiger partial charge in [-0.1, -0.05) is 25.8 Å². The van der Waals surface area contributed by atoms with Gasteiger partial charge in [-0.3, -0.25) is 4.79 Å². The number of carbonyl (C=O) groups excluding carboxylic acids is 1. The number of benzene rings is 1. The van der Waals surface area contributed by atoms with E-state index in [9.17, 15) is 13.6 Å². The standard InChI is InChI=1S/C15H18F2O2/c1-10-4-2-5-11(8-10)19-9-14(18)15-12(16)6-3-7-13(15)17/h3,6-7,10-11H,2,4-5,8-9H2,1H3. The fraction of sp³-hybridized carbons (Fsp3) is 0.533. The van der Waals surface area contributed by atoms with Gasteiger partial charge in [-0.05, 0) is 30.9 Å². The highest BCUT2D eigenvalue weighted by Gasteiger charge is 2.22. The molecule has 1 aliphatic carbocycles. The molecule has 0 spiro atoms. The van der Waals surface area contributed by atoms with E-state index in [0.717, 1.165) is 31.4 Å². The first-order valence-corrected chi connectivity index (χ1v) is 6.66. The van der Waals surface area contributed by atoms with E-state index in [4.69, 9.17) is 4.74 Å². The average Bonchev–Trinajstić information content (AvgIpc) is 2.36. The number of hydrogen-bond donors (Lipinski definition) is 0. The van der Waals surface area contributed by atoms with Gasteiger partial charge in [0.15, 0.2) is 5.78 Å². The molecule has 1 aromatic carbocycles. The molecule has 0 N–H and O–H groups in total. The molecule has 2 unspecified atom stereocenters. The van der Waals surface area contributed by atoms with E-state index >= 15 is 0 Å². The van der Waals surface area contributed by atoms with Crippen LogP contribution in [-0.4, -0.2) is 18.5 Å². The van der Waals surface area contributed by atoms with Crippen LogP contribution in [-0.2, 0) is 4.74 Å². The second-order valence-electron chi connectivity index (χ2n) is 5.22. The fourth-order valence-corrected chi connectivity index (χ4v) is 2.56. The molecule has 0 radical (unpaired) electrons. The van der Waals surface area contributed by atoms with Gasteiger partial charge in [0, 0.05) is 0 Å². The molecular weight excluding hydrogens is 250 g/mol. The first-order valence-electron chi connectivity index (χ1n) is 6.66. The van der Waals surface area contributed by atoms with Crippen molar-refractivity contribution in [2.24, 2.45) is 5.92 Å². The van der Waals surface area contributed by atoms with Crippen molar-refractivity contribution in [3.05, 3.63) is 35.4 Å². The van der Waals surface area contributed by atoms with E-state index in [0.29, 0.717) is 5.92 Å². The van der Waals surface area contributed by atoms with Crippen LogP contribution in [0.25, 0.3) is 0 Å². The minimum Gasteiger partial charge on any atom is -0.370 e. The van der Waals surface area contributed by atoms with E-state index in [1.807, 2.05) is 0 Å². The van der Waals surface area contributed by atoms with E-state index < -0.39 is 23.0 Å². The molecule has 1 aliphatic rings. The molecule has 2 rings (SSSR count). The highest BCUT2D eigenvalue weighted by Crippen LogP contribution is 2.26. The normalized spacial score (nSPS) is 23.3. The van der Waals surface area contributed by atoms with Gasteiger partial charge in [0.05, 0.1) is 11.7 Å². The van der Waals surface area contributed by atoms with Crippen LogP contribution in [0.3, 0.4) is 0 Å². The summed E-state index contributed by atoms with van der Waals surface area (Å²) in [4.78, 5) is 11.8. The maximum Gasteiger partial charge on any atom is 0.194 e. The van der Waals surface area contributed by atoms with Crippen molar-refractivity contribution in [2.45, 2.75) is 38.7 Å². The monoisotopic (exact) mass is 268 g/mol. The molecular formula is C15H18F2O2. The first-order chi connectivity index (χ1) is 9.08. The Kier molecular flexibility index (Phi) is 4.64. The van der Waals surface area contributed by atoms with Crippen molar-refractivity contribution in [1.29, 1.82) is 0 Å². The Hall–Kier alpha value is -1.29. The topological polar surface area (TPSA) is 26.3 Å².